The number of imidazole rings is 1. The van der Waals surface area contributed by atoms with E-state index in [1.54, 1.807) is 25.5 Å². The molecular weight excluding hydrogens is 242 g/mol. The molecule has 0 saturated heterocycles. The van der Waals surface area contributed by atoms with Crippen molar-refractivity contribution < 1.29 is 4.92 Å². The number of hydrogen-bond acceptors (Lipinski definition) is 6. The molecule has 2 aromatic rings. The monoisotopic (exact) mass is 251 g/mol. The highest BCUT2D eigenvalue weighted by atomic mass is 32.2. The number of rotatable bonds is 4. The maximum absolute atomic E-state index is 10.9. The third kappa shape index (κ3) is 2.53. The summed E-state index contributed by atoms with van der Waals surface area (Å²) < 4.78 is 0. The fourth-order valence-corrected chi connectivity index (χ4v) is 2.00. The highest BCUT2D eigenvalue weighted by Gasteiger charge is 2.17. The summed E-state index contributed by atoms with van der Waals surface area (Å²) in [7, 11) is 1.70. The third-order valence-corrected chi connectivity index (χ3v) is 2.87. The van der Waals surface area contributed by atoms with Crippen molar-refractivity contribution >= 4 is 23.3 Å². The Bertz CT molecular complexity index is 528. The van der Waals surface area contributed by atoms with Gasteiger partial charge in [0, 0.05) is 25.5 Å². The Balaban J connectivity index is 2.38. The van der Waals surface area contributed by atoms with Crippen molar-refractivity contribution in [3.63, 3.8) is 0 Å². The van der Waals surface area contributed by atoms with Crippen LogP contribution in [0.5, 0.6) is 0 Å². The second-order valence-corrected chi connectivity index (χ2v) is 4.00. The lowest BCUT2D eigenvalue weighted by atomic mass is 10.4. The summed E-state index contributed by atoms with van der Waals surface area (Å²) in [5, 5.41) is 14.6. The van der Waals surface area contributed by atoms with Gasteiger partial charge in [-0.25, -0.2) is 9.97 Å². The minimum Gasteiger partial charge on any atom is -0.373 e. The SMILES string of the molecule is CNc1ccc([N+](=O)[O-])c(Sc2ncc[nH]2)n1. The molecule has 0 spiro atoms. The predicted octanol–water partition coefficient (Wildman–Crippen LogP) is 1.91. The Morgan fingerprint density at radius 3 is 2.94 bits per heavy atom. The summed E-state index contributed by atoms with van der Waals surface area (Å²) in [6.45, 7) is 0. The van der Waals surface area contributed by atoms with E-state index in [2.05, 4.69) is 20.3 Å². The number of H-pyrrole nitrogens is 1. The fraction of sp³-hybridized carbons (Fsp3) is 0.111. The number of aromatic amines is 1. The van der Waals surface area contributed by atoms with Crippen molar-refractivity contribution in [2.24, 2.45) is 0 Å². The summed E-state index contributed by atoms with van der Waals surface area (Å²) in [4.78, 5) is 21.4. The molecule has 2 heterocycles. The molecule has 8 heteroatoms. The van der Waals surface area contributed by atoms with E-state index < -0.39 is 4.92 Å². The van der Waals surface area contributed by atoms with E-state index in [9.17, 15) is 10.1 Å². The van der Waals surface area contributed by atoms with E-state index in [4.69, 9.17) is 0 Å². The number of anilines is 1. The van der Waals surface area contributed by atoms with Gasteiger partial charge in [0.2, 0.25) is 0 Å². The van der Waals surface area contributed by atoms with Gasteiger partial charge in [0.05, 0.1) is 4.92 Å². The van der Waals surface area contributed by atoms with E-state index in [1.165, 1.54) is 6.07 Å². The maximum Gasteiger partial charge on any atom is 0.301 e. The van der Waals surface area contributed by atoms with Gasteiger partial charge in [-0.2, -0.15) is 0 Å². The Morgan fingerprint density at radius 2 is 2.35 bits per heavy atom. The van der Waals surface area contributed by atoms with Gasteiger partial charge in [-0.1, -0.05) is 0 Å². The second-order valence-electron chi connectivity index (χ2n) is 3.02. The standard InChI is InChI=1S/C9H9N5O2S/c1-10-7-3-2-6(14(15)16)8(13-7)17-9-11-4-5-12-9/h2-5H,1H3,(H,10,13)(H,11,12). The molecule has 0 aromatic carbocycles. The molecule has 17 heavy (non-hydrogen) atoms. The smallest absolute Gasteiger partial charge is 0.301 e. The summed E-state index contributed by atoms with van der Waals surface area (Å²) >= 11 is 1.12. The van der Waals surface area contributed by atoms with Gasteiger partial charge < -0.3 is 10.3 Å². The number of aromatic nitrogens is 3. The lowest BCUT2D eigenvalue weighted by Crippen LogP contribution is -1.98. The van der Waals surface area contributed by atoms with Gasteiger partial charge in [-0.05, 0) is 17.8 Å². The minimum atomic E-state index is -0.461. The van der Waals surface area contributed by atoms with Crippen LogP contribution < -0.4 is 5.32 Å². The average Bonchev–Trinajstić information content (AvgIpc) is 2.81. The van der Waals surface area contributed by atoms with E-state index in [0.29, 0.717) is 16.0 Å². The first-order valence-corrected chi connectivity index (χ1v) is 5.53. The zero-order chi connectivity index (χ0) is 12.3. The van der Waals surface area contributed by atoms with Crippen LogP contribution in [0, 0.1) is 10.1 Å². The third-order valence-electron chi connectivity index (χ3n) is 1.96. The lowest BCUT2D eigenvalue weighted by Gasteiger charge is -2.03. The Hall–Kier alpha value is -2.09. The highest BCUT2D eigenvalue weighted by molar-refractivity contribution is 7.99. The van der Waals surface area contributed by atoms with Crippen molar-refractivity contribution in [1.82, 2.24) is 15.0 Å². The van der Waals surface area contributed by atoms with Gasteiger partial charge in [0.25, 0.3) is 0 Å². The zero-order valence-corrected chi connectivity index (χ0v) is 9.69. The molecule has 2 aromatic heterocycles. The van der Waals surface area contributed by atoms with E-state index in [-0.39, 0.29) is 5.69 Å². The molecule has 0 saturated carbocycles. The van der Waals surface area contributed by atoms with E-state index in [1.807, 2.05) is 0 Å². The second kappa shape index (κ2) is 4.83. The van der Waals surface area contributed by atoms with Crippen LogP contribution in [-0.2, 0) is 0 Å². The molecule has 0 bridgehead atoms. The summed E-state index contributed by atoms with van der Waals surface area (Å²) in [6, 6.07) is 2.98. The van der Waals surface area contributed by atoms with Crippen LogP contribution in [0.25, 0.3) is 0 Å². The minimum absolute atomic E-state index is 0.0367. The van der Waals surface area contributed by atoms with Crippen LogP contribution in [0.3, 0.4) is 0 Å². The lowest BCUT2D eigenvalue weighted by molar-refractivity contribution is -0.388. The molecule has 2 N–H and O–H groups in total. The summed E-state index contributed by atoms with van der Waals surface area (Å²) in [5.41, 5.74) is -0.0367. The normalized spacial score (nSPS) is 10.2. The Kier molecular flexibility index (Phi) is 3.24. The number of pyridine rings is 1. The largest absolute Gasteiger partial charge is 0.373 e. The molecular formula is C9H9N5O2S. The Labute approximate surface area is 101 Å². The first-order chi connectivity index (χ1) is 8.20. The van der Waals surface area contributed by atoms with Crippen molar-refractivity contribution in [2.75, 3.05) is 12.4 Å². The Morgan fingerprint density at radius 1 is 1.53 bits per heavy atom. The van der Waals surface area contributed by atoms with Crippen LogP contribution in [0.2, 0.25) is 0 Å². The molecule has 0 unspecified atom stereocenters. The molecule has 88 valence electrons. The van der Waals surface area contributed by atoms with Crippen molar-refractivity contribution in [3.05, 3.63) is 34.6 Å². The van der Waals surface area contributed by atoms with Gasteiger partial charge >= 0.3 is 5.69 Å². The number of nitrogens with one attached hydrogen (secondary N) is 2. The average molecular weight is 251 g/mol. The molecule has 2 rings (SSSR count). The molecule has 0 atom stereocenters. The molecule has 0 aliphatic rings. The number of hydrogen-bond donors (Lipinski definition) is 2. The van der Waals surface area contributed by atoms with Gasteiger partial charge in [0.1, 0.15) is 5.82 Å². The predicted molar refractivity (Wildman–Crippen MR) is 63.1 cm³/mol. The van der Waals surface area contributed by atoms with Crippen LogP contribution >= 0.6 is 11.8 Å². The quantitative estimate of drug-likeness (QED) is 0.636. The van der Waals surface area contributed by atoms with Crippen LogP contribution in [0.15, 0.2) is 34.7 Å². The fourth-order valence-electron chi connectivity index (χ4n) is 1.18. The zero-order valence-electron chi connectivity index (χ0n) is 8.88. The van der Waals surface area contributed by atoms with Crippen LogP contribution in [0.1, 0.15) is 0 Å². The number of nitro groups is 1. The van der Waals surface area contributed by atoms with Gasteiger partial charge in [-0.15, -0.1) is 0 Å². The molecule has 0 amide bonds. The first kappa shape index (κ1) is 11.4. The molecule has 0 radical (unpaired) electrons. The van der Waals surface area contributed by atoms with E-state index >= 15 is 0 Å². The van der Waals surface area contributed by atoms with Crippen LogP contribution in [0.4, 0.5) is 11.5 Å². The molecule has 0 fully saturated rings. The molecule has 7 nitrogen and oxygen atoms in total. The van der Waals surface area contributed by atoms with Crippen LogP contribution in [-0.4, -0.2) is 26.9 Å². The number of nitrogens with zero attached hydrogens (tertiary/aromatic N) is 3. The molecule has 0 aliphatic carbocycles. The molecule has 0 aliphatic heterocycles. The van der Waals surface area contributed by atoms with Crippen molar-refractivity contribution in [1.29, 1.82) is 0 Å². The maximum atomic E-state index is 10.9. The van der Waals surface area contributed by atoms with Crippen molar-refractivity contribution in [3.8, 4) is 0 Å². The summed E-state index contributed by atoms with van der Waals surface area (Å²) in [6.07, 6.45) is 3.23. The summed E-state index contributed by atoms with van der Waals surface area (Å²) in [5.74, 6) is 0.574. The van der Waals surface area contributed by atoms with Gasteiger partial charge in [0.15, 0.2) is 10.2 Å². The topological polar surface area (TPSA) is 96.7 Å². The van der Waals surface area contributed by atoms with E-state index in [0.717, 1.165) is 11.8 Å². The van der Waals surface area contributed by atoms with Crippen molar-refractivity contribution in [2.45, 2.75) is 10.2 Å². The van der Waals surface area contributed by atoms with Gasteiger partial charge in [-0.3, -0.25) is 10.1 Å². The highest BCUT2D eigenvalue weighted by Crippen LogP contribution is 2.31. The first-order valence-electron chi connectivity index (χ1n) is 4.71.